The second kappa shape index (κ2) is 7.78. The molecule has 1 aromatic rings. The van der Waals surface area contributed by atoms with Crippen LogP contribution in [-0.4, -0.2) is 24.7 Å². The van der Waals surface area contributed by atoms with Gasteiger partial charge in [-0.1, -0.05) is 30.3 Å². The van der Waals surface area contributed by atoms with Crippen molar-refractivity contribution >= 4 is 30.1 Å². The molecule has 0 spiro atoms. The van der Waals surface area contributed by atoms with E-state index < -0.39 is 0 Å². The number of rotatable bonds is 6. The minimum absolute atomic E-state index is 0. The highest BCUT2D eigenvalue weighted by Gasteiger charge is 2.29. The van der Waals surface area contributed by atoms with Gasteiger partial charge in [-0.05, 0) is 30.6 Å². The molecule has 0 aromatic heterocycles. The number of nitrogens with one attached hydrogen (secondary N) is 1. The zero-order valence-electron chi connectivity index (χ0n) is 11.0. The Labute approximate surface area is 125 Å². The fourth-order valence-electron chi connectivity index (χ4n) is 2.02. The van der Waals surface area contributed by atoms with Crippen molar-refractivity contribution in [1.29, 1.82) is 0 Å². The van der Waals surface area contributed by atoms with Gasteiger partial charge in [0, 0.05) is 12.6 Å². The molecule has 1 fully saturated rings. The zero-order valence-corrected chi connectivity index (χ0v) is 12.7. The third kappa shape index (κ3) is 4.71. The number of carbonyl (C=O) groups excluding carboxylic acids is 1. The van der Waals surface area contributed by atoms with Crippen LogP contribution in [0.5, 0.6) is 0 Å². The van der Waals surface area contributed by atoms with Gasteiger partial charge in [0.05, 0.1) is 0 Å². The number of hydrogen-bond donors (Lipinski definition) is 2. The molecule has 0 aliphatic heterocycles. The number of thioether (sulfide) groups is 1. The summed E-state index contributed by atoms with van der Waals surface area (Å²) in [5.74, 6) is 0.680. The summed E-state index contributed by atoms with van der Waals surface area (Å²) < 4.78 is 0. The smallest absolute Gasteiger partial charge is 0.237 e. The lowest BCUT2D eigenvalue weighted by Crippen LogP contribution is -2.40. The van der Waals surface area contributed by atoms with Crippen LogP contribution in [0.4, 0.5) is 0 Å². The van der Waals surface area contributed by atoms with Gasteiger partial charge in [-0.15, -0.1) is 24.2 Å². The lowest BCUT2D eigenvalue weighted by atomic mass is 10.1. The Morgan fingerprint density at radius 2 is 2.05 bits per heavy atom. The minimum Gasteiger partial charge on any atom is -0.353 e. The van der Waals surface area contributed by atoms with Crippen LogP contribution in [-0.2, 0) is 4.79 Å². The average Bonchev–Trinajstić information content (AvgIpc) is 3.22. The van der Waals surface area contributed by atoms with Crippen LogP contribution in [0.3, 0.4) is 0 Å². The molecule has 106 valence electrons. The van der Waals surface area contributed by atoms with Gasteiger partial charge in [0.25, 0.3) is 0 Å². The number of amides is 1. The largest absolute Gasteiger partial charge is 0.353 e. The second-order valence-corrected chi connectivity index (χ2v) is 5.72. The second-order valence-electron chi connectivity index (χ2n) is 4.77. The molecule has 0 saturated heterocycles. The molecule has 19 heavy (non-hydrogen) atoms. The Morgan fingerprint density at radius 3 is 2.58 bits per heavy atom. The Morgan fingerprint density at radius 1 is 1.42 bits per heavy atom. The van der Waals surface area contributed by atoms with Crippen molar-refractivity contribution in [3.05, 3.63) is 35.9 Å². The predicted octanol–water partition coefficient (Wildman–Crippen LogP) is 2.37. The van der Waals surface area contributed by atoms with Crippen molar-refractivity contribution in [3.8, 4) is 0 Å². The number of hydrogen-bond acceptors (Lipinski definition) is 3. The van der Waals surface area contributed by atoms with Crippen LogP contribution in [0.15, 0.2) is 30.3 Å². The standard InChI is InChI=1S/C14H20N2OS.ClH/c1-18-13(11-5-3-2-4-6-11)14(17)16-9-12(15)10-7-8-10;/h2-6,10,12-13H,7-9,15H2,1H3,(H,16,17);1H. The molecule has 1 amide bonds. The van der Waals surface area contributed by atoms with E-state index in [0.717, 1.165) is 5.56 Å². The van der Waals surface area contributed by atoms with E-state index in [1.165, 1.54) is 12.8 Å². The van der Waals surface area contributed by atoms with E-state index in [1.54, 1.807) is 11.8 Å². The molecule has 5 heteroatoms. The van der Waals surface area contributed by atoms with Crippen LogP contribution in [0, 0.1) is 5.92 Å². The molecule has 3 nitrogen and oxygen atoms in total. The van der Waals surface area contributed by atoms with Crippen LogP contribution < -0.4 is 11.1 Å². The van der Waals surface area contributed by atoms with Crippen molar-refractivity contribution in [2.24, 2.45) is 11.7 Å². The highest BCUT2D eigenvalue weighted by atomic mass is 35.5. The summed E-state index contributed by atoms with van der Waals surface area (Å²) >= 11 is 1.55. The molecule has 1 aliphatic rings. The maximum absolute atomic E-state index is 12.1. The average molecular weight is 301 g/mol. The first-order chi connectivity index (χ1) is 8.72. The van der Waals surface area contributed by atoms with E-state index in [4.69, 9.17) is 5.73 Å². The van der Waals surface area contributed by atoms with E-state index >= 15 is 0 Å². The first-order valence-corrected chi connectivity index (χ1v) is 7.62. The minimum atomic E-state index is -0.141. The SMILES string of the molecule is CSC(C(=O)NCC(N)C1CC1)c1ccccc1.Cl. The highest BCUT2D eigenvalue weighted by molar-refractivity contribution is 7.99. The first-order valence-electron chi connectivity index (χ1n) is 6.33. The van der Waals surface area contributed by atoms with E-state index in [-0.39, 0.29) is 29.6 Å². The molecule has 1 saturated carbocycles. The summed E-state index contributed by atoms with van der Waals surface area (Å²) in [6.45, 7) is 0.591. The molecule has 3 N–H and O–H groups in total. The first kappa shape index (κ1) is 16.3. The molecule has 2 rings (SSSR count). The summed E-state index contributed by atoms with van der Waals surface area (Å²) in [4.78, 5) is 12.1. The molecule has 0 bridgehead atoms. The normalized spacial score (nSPS) is 17.2. The lowest BCUT2D eigenvalue weighted by Gasteiger charge is -2.17. The molecule has 0 radical (unpaired) electrons. The van der Waals surface area contributed by atoms with E-state index in [2.05, 4.69) is 5.32 Å². The number of benzene rings is 1. The third-order valence-corrected chi connectivity index (χ3v) is 4.27. The van der Waals surface area contributed by atoms with Crippen molar-refractivity contribution in [1.82, 2.24) is 5.32 Å². The van der Waals surface area contributed by atoms with Crippen molar-refractivity contribution in [2.75, 3.05) is 12.8 Å². The Hall–Kier alpha value is -0.710. The van der Waals surface area contributed by atoms with Crippen LogP contribution in [0.1, 0.15) is 23.7 Å². The van der Waals surface area contributed by atoms with Crippen molar-refractivity contribution in [2.45, 2.75) is 24.1 Å². The maximum atomic E-state index is 12.1. The third-order valence-electron chi connectivity index (χ3n) is 3.32. The maximum Gasteiger partial charge on any atom is 0.237 e. The van der Waals surface area contributed by atoms with Gasteiger partial charge < -0.3 is 11.1 Å². The van der Waals surface area contributed by atoms with Crippen molar-refractivity contribution in [3.63, 3.8) is 0 Å². The van der Waals surface area contributed by atoms with Gasteiger partial charge in [0.15, 0.2) is 0 Å². The highest BCUT2D eigenvalue weighted by Crippen LogP contribution is 2.31. The summed E-state index contributed by atoms with van der Waals surface area (Å²) in [6.07, 6.45) is 4.38. The van der Waals surface area contributed by atoms with Gasteiger partial charge in [0.1, 0.15) is 5.25 Å². The summed E-state index contributed by atoms with van der Waals surface area (Å²) in [7, 11) is 0. The topological polar surface area (TPSA) is 55.1 Å². The molecule has 1 aliphatic carbocycles. The molecular weight excluding hydrogens is 280 g/mol. The molecule has 2 atom stereocenters. The molecule has 0 heterocycles. The Balaban J connectivity index is 0.00000180. The zero-order chi connectivity index (χ0) is 13.0. The van der Waals surface area contributed by atoms with Crippen LogP contribution >= 0.6 is 24.2 Å². The molecule has 2 unspecified atom stereocenters. The van der Waals surface area contributed by atoms with E-state index in [1.807, 2.05) is 36.6 Å². The quantitative estimate of drug-likeness (QED) is 0.848. The van der Waals surface area contributed by atoms with E-state index in [9.17, 15) is 4.79 Å². The van der Waals surface area contributed by atoms with Crippen LogP contribution in [0.25, 0.3) is 0 Å². The number of nitrogens with two attached hydrogens (primary N) is 1. The summed E-state index contributed by atoms with van der Waals surface area (Å²) in [5.41, 5.74) is 7.03. The number of carbonyl (C=O) groups is 1. The van der Waals surface area contributed by atoms with Gasteiger partial charge in [0.2, 0.25) is 5.91 Å². The predicted molar refractivity (Wildman–Crippen MR) is 83.7 cm³/mol. The molecule has 1 aromatic carbocycles. The van der Waals surface area contributed by atoms with E-state index in [0.29, 0.717) is 12.5 Å². The van der Waals surface area contributed by atoms with Crippen molar-refractivity contribution < 1.29 is 4.79 Å². The van der Waals surface area contributed by atoms with Crippen LogP contribution in [0.2, 0.25) is 0 Å². The Kier molecular flexibility index (Phi) is 6.69. The Bertz CT molecular complexity index is 398. The van der Waals surface area contributed by atoms with Gasteiger partial charge in [-0.25, -0.2) is 0 Å². The van der Waals surface area contributed by atoms with Gasteiger partial charge >= 0.3 is 0 Å². The summed E-state index contributed by atoms with van der Waals surface area (Å²) in [6, 6.07) is 9.97. The lowest BCUT2D eigenvalue weighted by molar-refractivity contribution is -0.120. The molecular formula is C14H21ClN2OS. The number of halogens is 1. The van der Waals surface area contributed by atoms with Gasteiger partial charge in [-0.3, -0.25) is 4.79 Å². The monoisotopic (exact) mass is 300 g/mol. The fourth-order valence-corrected chi connectivity index (χ4v) is 2.75. The van der Waals surface area contributed by atoms with Gasteiger partial charge in [-0.2, -0.15) is 0 Å². The fraction of sp³-hybridized carbons (Fsp3) is 0.500. The summed E-state index contributed by atoms with van der Waals surface area (Å²) in [5, 5.41) is 2.83.